The van der Waals surface area contributed by atoms with E-state index in [0.29, 0.717) is 16.9 Å². The number of hydrogen-bond donors (Lipinski definition) is 2. The molecule has 1 aromatic carbocycles. The van der Waals surface area contributed by atoms with E-state index in [-0.39, 0.29) is 5.95 Å². The summed E-state index contributed by atoms with van der Waals surface area (Å²) >= 11 is 0. The third-order valence-corrected chi connectivity index (χ3v) is 3.80. The number of nitrogens with two attached hydrogens (primary N) is 2. The molecule has 0 saturated heterocycles. The smallest absolute Gasteiger partial charge is 0.224 e. The molecule has 2 aromatic heterocycles. The lowest BCUT2D eigenvalue weighted by Crippen LogP contribution is -2.03. The molecule has 0 radical (unpaired) electrons. The zero-order valence-corrected chi connectivity index (χ0v) is 13.6. The normalized spacial score (nSPS) is 10.8. The summed E-state index contributed by atoms with van der Waals surface area (Å²) in [4.78, 5) is 12.6. The number of anilines is 2. The van der Waals surface area contributed by atoms with Crippen molar-refractivity contribution in [1.29, 1.82) is 0 Å². The van der Waals surface area contributed by atoms with E-state index in [4.69, 9.17) is 20.9 Å². The molecule has 4 N–H and O–H groups in total. The molecule has 3 aromatic rings. The van der Waals surface area contributed by atoms with Gasteiger partial charge >= 0.3 is 0 Å². The number of pyridine rings is 1. The number of aryl methyl sites for hydroxylation is 2. The van der Waals surface area contributed by atoms with Gasteiger partial charge in [-0.1, -0.05) is 0 Å². The van der Waals surface area contributed by atoms with Crippen LogP contribution in [0.4, 0.5) is 11.8 Å². The predicted octanol–water partition coefficient (Wildman–Crippen LogP) is 1.99. The second-order valence-corrected chi connectivity index (χ2v) is 5.32. The number of benzene rings is 1. The highest BCUT2D eigenvalue weighted by Gasteiger charge is 2.09. The molecule has 7 nitrogen and oxygen atoms in total. The predicted molar refractivity (Wildman–Crippen MR) is 93.1 cm³/mol. The van der Waals surface area contributed by atoms with Gasteiger partial charge in [-0.25, -0.2) is 4.98 Å². The molecule has 0 amide bonds. The van der Waals surface area contributed by atoms with E-state index in [1.807, 2.05) is 30.3 Å². The first kappa shape index (κ1) is 15.8. The standard InChI is InChI=1S/C17H19N5O2/c1-23-12-6-8-14(24-2)10(9-12)3-4-11-5-7-13-15(18)21-17(19)22-16(13)20-11/h5-9H,3-4H2,1-2H3,(H4,18,19,20,21,22). The Morgan fingerprint density at radius 1 is 0.917 bits per heavy atom. The van der Waals surface area contributed by atoms with Gasteiger partial charge in [0.15, 0.2) is 5.65 Å². The van der Waals surface area contributed by atoms with Gasteiger partial charge in [0.25, 0.3) is 0 Å². The second-order valence-electron chi connectivity index (χ2n) is 5.32. The Hall–Kier alpha value is -3.09. The van der Waals surface area contributed by atoms with E-state index >= 15 is 0 Å². The van der Waals surface area contributed by atoms with Gasteiger partial charge < -0.3 is 20.9 Å². The van der Waals surface area contributed by atoms with Crippen LogP contribution in [0, 0.1) is 0 Å². The molecule has 3 rings (SSSR count). The minimum absolute atomic E-state index is 0.124. The molecular weight excluding hydrogens is 306 g/mol. The van der Waals surface area contributed by atoms with Crippen molar-refractivity contribution >= 4 is 22.8 Å². The lowest BCUT2D eigenvalue weighted by molar-refractivity contribution is 0.398. The topological polar surface area (TPSA) is 109 Å². The first-order valence-corrected chi connectivity index (χ1v) is 7.50. The lowest BCUT2D eigenvalue weighted by Gasteiger charge is -2.10. The highest BCUT2D eigenvalue weighted by Crippen LogP contribution is 2.25. The SMILES string of the molecule is COc1ccc(OC)c(CCc2ccc3c(N)nc(N)nc3n2)c1. The molecule has 124 valence electrons. The van der Waals surface area contributed by atoms with Crippen LogP contribution in [-0.2, 0) is 12.8 Å². The third-order valence-electron chi connectivity index (χ3n) is 3.80. The van der Waals surface area contributed by atoms with Gasteiger partial charge in [0, 0.05) is 5.69 Å². The molecule has 0 unspecified atom stereocenters. The molecule has 0 fully saturated rings. The summed E-state index contributed by atoms with van der Waals surface area (Å²) in [5.41, 5.74) is 13.9. The minimum atomic E-state index is 0.124. The Morgan fingerprint density at radius 3 is 2.50 bits per heavy atom. The van der Waals surface area contributed by atoms with Crippen LogP contribution >= 0.6 is 0 Å². The molecule has 0 aliphatic rings. The maximum Gasteiger partial charge on any atom is 0.224 e. The number of rotatable bonds is 5. The van der Waals surface area contributed by atoms with Gasteiger partial charge in [-0.2, -0.15) is 9.97 Å². The zero-order valence-electron chi connectivity index (χ0n) is 13.6. The highest BCUT2D eigenvalue weighted by atomic mass is 16.5. The summed E-state index contributed by atoms with van der Waals surface area (Å²) in [6.07, 6.45) is 1.48. The van der Waals surface area contributed by atoms with Crippen LogP contribution in [0.25, 0.3) is 11.0 Å². The lowest BCUT2D eigenvalue weighted by atomic mass is 10.1. The van der Waals surface area contributed by atoms with Crippen molar-refractivity contribution in [2.75, 3.05) is 25.7 Å². The van der Waals surface area contributed by atoms with Gasteiger partial charge in [0.2, 0.25) is 5.95 Å². The van der Waals surface area contributed by atoms with E-state index in [1.54, 1.807) is 14.2 Å². The van der Waals surface area contributed by atoms with Crippen molar-refractivity contribution in [1.82, 2.24) is 15.0 Å². The van der Waals surface area contributed by atoms with Crippen LogP contribution in [0.3, 0.4) is 0 Å². The number of fused-ring (bicyclic) bond motifs is 1. The number of aromatic nitrogens is 3. The summed E-state index contributed by atoms with van der Waals surface area (Å²) in [6.45, 7) is 0. The first-order valence-electron chi connectivity index (χ1n) is 7.50. The van der Waals surface area contributed by atoms with Crippen LogP contribution in [0.15, 0.2) is 30.3 Å². The molecule has 0 bridgehead atoms. The molecule has 2 heterocycles. The maximum absolute atomic E-state index is 5.84. The highest BCUT2D eigenvalue weighted by molar-refractivity contribution is 5.86. The maximum atomic E-state index is 5.84. The van der Waals surface area contributed by atoms with Crippen molar-refractivity contribution in [3.05, 3.63) is 41.6 Å². The average molecular weight is 325 g/mol. The number of nitrogens with zero attached hydrogens (tertiary/aromatic N) is 3. The summed E-state index contributed by atoms with van der Waals surface area (Å²) in [5.74, 6) is 2.09. The molecule has 0 atom stereocenters. The van der Waals surface area contributed by atoms with Gasteiger partial charge in [0.1, 0.15) is 17.3 Å². The summed E-state index contributed by atoms with van der Waals surface area (Å²) in [5, 5.41) is 0.701. The van der Waals surface area contributed by atoms with E-state index < -0.39 is 0 Å². The second kappa shape index (κ2) is 6.57. The largest absolute Gasteiger partial charge is 0.497 e. The van der Waals surface area contributed by atoms with Crippen molar-refractivity contribution in [3.63, 3.8) is 0 Å². The molecule has 0 saturated carbocycles. The fraction of sp³-hybridized carbons (Fsp3) is 0.235. The van der Waals surface area contributed by atoms with E-state index in [2.05, 4.69) is 15.0 Å². The Balaban J connectivity index is 1.85. The first-order chi connectivity index (χ1) is 11.6. The van der Waals surface area contributed by atoms with E-state index in [9.17, 15) is 0 Å². The fourth-order valence-corrected chi connectivity index (χ4v) is 2.57. The summed E-state index contributed by atoms with van der Waals surface area (Å²) < 4.78 is 10.7. The van der Waals surface area contributed by atoms with Gasteiger partial charge in [-0.05, 0) is 48.7 Å². The average Bonchev–Trinajstić information content (AvgIpc) is 2.59. The van der Waals surface area contributed by atoms with Crippen LogP contribution in [-0.4, -0.2) is 29.2 Å². The van der Waals surface area contributed by atoms with E-state index in [0.717, 1.165) is 35.6 Å². The van der Waals surface area contributed by atoms with Crippen LogP contribution in [0.5, 0.6) is 11.5 Å². The number of hydrogen-bond acceptors (Lipinski definition) is 7. The molecule has 0 aliphatic carbocycles. The van der Waals surface area contributed by atoms with Crippen molar-refractivity contribution in [2.45, 2.75) is 12.8 Å². The molecule has 7 heteroatoms. The van der Waals surface area contributed by atoms with Crippen LogP contribution in [0.2, 0.25) is 0 Å². The Kier molecular flexibility index (Phi) is 4.33. The number of methoxy groups -OCH3 is 2. The Labute approximate surface area is 139 Å². The quantitative estimate of drug-likeness (QED) is 0.738. The Bertz CT molecular complexity index is 882. The minimum Gasteiger partial charge on any atom is -0.497 e. The molecule has 24 heavy (non-hydrogen) atoms. The van der Waals surface area contributed by atoms with Gasteiger partial charge in [-0.15, -0.1) is 0 Å². The number of ether oxygens (including phenoxy) is 2. The third kappa shape index (κ3) is 3.15. The summed E-state index contributed by atoms with van der Waals surface area (Å²) in [6, 6.07) is 9.54. The number of nitrogen functional groups attached to an aromatic ring is 2. The van der Waals surface area contributed by atoms with E-state index in [1.165, 1.54) is 0 Å². The Morgan fingerprint density at radius 2 is 1.75 bits per heavy atom. The zero-order chi connectivity index (χ0) is 17.1. The molecular formula is C17H19N5O2. The van der Waals surface area contributed by atoms with Crippen molar-refractivity contribution < 1.29 is 9.47 Å². The van der Waals surface area contributed by atoms with Gasteiger partial charge in [0.05, 0.1) is 19.6 Å². The van der Waals surface area contributed by atoms with Crippen molar-refractivity contribution in [3.8, 4) is 11.5 Å². The van der Waals surface area contributed by atoms with Crippen molar-refractivity contribution in [2.24, 2.45) is 0 Å². The fourth-order valence-electron chi connectivity index (χ4n) is 2.57. The molecule has 0 spiro atoms. The van der Waals surface area contributed by atoms with Gasteiger partial charge in [-0.3, -0.25) is 0 Å². The van der Waals surface area contributed by atoms with Crippen LogP contribution < -0.4 is 20.9 Å². The monoisotopic (exact) mass is 325 g/mol. The summed E-state index contributed by atoms with van der Waals surface area (Å²) in [7, 11) is 3.30. The van der Waals surface area contributed by atoms with Crippen LogP contribution in [0.1, 0.15) is 11.3 Å². The molecule has 0 aliphatic heterocycles.